The van der Waals surface area contributed by atoms with Crippen LogP contribution in [-0.2, 0) is 4.74 Å². The van der Waals surface area contributed by atoms with Gasteiger partial charge in [0, 0.05) is 19.0 Å². The highest BCUT2D eigenvalue weighted by molar-refractivity contribution is 5.68. The first-order valence-electron chi connectivity index (χ1n) is 6.96. The van der Waals surface area contributed by atoms with E-state index >= 15 is 0 Å². The summed E-state index contributed by atoms with van der Waals surface area (Å²) in [4.78, 5) is 13.8. The molecule has 0 saturated carbocycles. The summed E-state index contributed by atoms with van der Waals surface area (Å²) in [6.07, 6.45) is 2.08. The Morgan fingerprint density at radius 3 is 2.75 bits per heavy atom. The van der Waals surface area contributed by atoms with Gasteiger partial charge in [-0.1, -0.05) is 12.1 Å². The Morgan fingerprint density at radius 2 is 2.25 bits per heavy atom. The van der Waals surface area contributed by atoms with Crippen LogP contribution in [0.5, 0.6) is 0 Å². The number of likely N-dealkylation sites (tertiary alicyclic amines) is 1. The Morgan fingerprint density at radius 1 is 1.55 bits per heavy atom. The summed E-state index contributed by atoms with van der Waals surface area (Å²) in [6.45, 7) is 8.98. The minimum absolute atomic E-state index is 0.205. The molecule has 1 saturated heterocycles. The molecule has 1 aliphatic rings. The molecule has 1 aromatic heterocycles. The number of ether oxygens (including phenoxy) is 1. The molecule has 0 aliphatic carbocycles. The maximum atomic E-state index is 12.1. The zero-order valence-corrected chi connectivity index (χ0v) is 12.5. The molecule has 1 amide bonds. The summed E-state index contributed by atoms with van der Waals surface area (Å²) in [5, 5.41) is 3.73. The van der Waals surface area contributed by atoms with Gasteiger partial charge < -0.3 is 19.9 Å². The number of aromatic nitrogens is 1. The molecule has 2 heterocycles. The van der Waals surface area contributed by atoms with E-state index in [0.717, 1.165) is 12.2 Å². The summed E-state index contributed by atoms with van der Waals surface area (Å²) >= 11 is 0. The number of piperidine rings is 1. The van der Waals surface area contributed by atoms with E-state index in [4.69, 9.17) is 15.0 Å². The summed E-state index contributed by atoms with van der Waals surface area (Å²) in [6, 6.07) is 0. The molecule has 6 nitrogen and oxygen atoms in total. The van der Waals surface area contributed by atoms with Crippen molar-refractivity contribution in [3.63, 3.8) is 0 Å². The first-order chi connectivity index (χ1) is 9.28. The van der Waals surface area contributed by atoms with Crippen molar-refractivity contribution < 1.29 is 14.1 Å². The quantitative estimate of drug-likeness (QED) is 0.855. The number of nitrogen functional groups attached to an aromatic ring is 1. The number of anilines is 1. The molecular formula is C14H23N3O3. The van der Waals surface area contributed by atoms with Crippen LogP contribution in [0.25, 0.3) is 0 Å². The molecule has 0 aromatic carbocycles. The van der Waals surface area contributed by atoms with Crippen LogP contribution >= 0.6 is 0 Å². The van der Waals surface area contributed by atoms with Gasteiger partial charge in [-0.2, -0.15) is 0 Å². The van der Waals surface area contributed by atoms with Crippen molar-refractivity contribution in [3.8, 4) is 0 Å². The lowest BCUT2D eigenvalue weighted by Gasteiger charge is -2.36. The van der Waals surface area contributed by atoms with Crippen LogP contribution in [0, 0.1) is 5.92 Å². The number of hydrogen-bond acceptors (Lipinski definition) is 5. The Balaban J connectivity index is 1.99. The van der Waals surface area contributed by atoms with E-state index in [0.29, 0.717) is 18.8 Å². The molecule has 2 rings (SSSR count). The zero-order valence-electron chi connectivity index (χ0n) is 12.5. The second-order valence-corrected chi connectivity index (χ2v) is 6.44. The number of carbonyl (C=O) groups is 1. The molecule has 112 valence electrons. The number of nitrogens with two attached hydrogens (primary N) is 1. The van der Waals surface area contributed by atoms with Gasteiger partial charge in [-0.3, -0.25) is 0 Å². The first kappa shape index (κ1) is 14.7. The monoisotopic (exact) mass is 281 g/mol. The van der Waals surface area contributed by atoms with Crippen LogP contribution in [0.15, 0.2) is 10.7 Å². The lowest BCUT2D eigenvalue weighted by molar-refractivity contribution is 0.0146. The number of rotatable bonds is 1. The van der Waals surface area contributed by atoms with E-state index in [9.17, 15) is 4.79 Å². The Kier molecular flexibility index (Phi) is 3.92. The molecule has 0 radical (unpaired) electrons. The number of hydrogen-bond donors (Lipinski definition) is 1. The maximum Gasteiger partial charge on any atom is 0.410 e. The minimum Gasteiger partial charge on any atom is -0.444 e. The van der Waals surface area contributed by atoms with Crippen molar-refractivity contribution in [2.75, 3.05) is 18.8 Å². The average molecular weight is 281 g/mol. The van der Waals surface area contributed by atoms with Crippen molar-refractivity contribution in [1.82, 2.24) is 10.1 Å². The van der Waals surface area contributed by atoms with Gasteiger partial charge >= 0.3 is 6.09 Å². The Bertz CT molecular complexity index is 478. The highest BCUT2D eigenvalue weighted by atomic mass is 16.6. The molecule has 1 aromatic rings. The van der Waals surface area contributed by atoms with E-state index < -0.39 is 5.60 Å². The van der Waals surface area contributed by atoms with Gasteiger partial charge in [0.15, 0.2) is 5.76 Å². The molecule has 1 fully saturated rings. The fraction of sp³-hybridized carbons (Fsp3) is 0.714. The van der Waals surface area contributed by atoms with Crippen LogP contribution < -0.4 is 5.73 Å². The number of nitrogens with zero attached hydrogens (tertiary/aromatic N) is 2. The SMILES string of the molecule is CC1CN(C(=O)OC(C)(C)C)CCC1c1oncc1N. The van der Waals surface area contributed by atoms with Crippen LogP contribution in [0.3, 0.4) is 0 Å². The Labute approximate surface area is 119 Å². The van der Waals surface area contributed by atoms with Gasteiger partial charge in [0.05, 0.1) is 11.9 Å². The number of amides is 1. The Hall–Kier alpha value is -1.72. The summed E-state index contributed by atoms with van der Waals surface area (Å²) in [7, 11) is 0. The molecular weight excluding hydrogens is 258 g/mol. The van der Waals surface area contributed by atoms with Crippen LogP contribution in [0.4, 0.5) is 10.5 Å². The summed E-state index contributed by atoms with van der Waals surface area (Å²) in [5.41, 5.74) is 5.97. The highest BCUT2D eigenvalue weighted by Gasteiger charge is 2.34. The maximum absolute atomic E-state index is 12.1. The van der Waals surface area contributed by atoms with Crippen molar-refractivity contribution in [2.45, 2.75) is 45.6 Å². The van der Waals surface area contributed by atoms with Gasteiger partial charge in [-0.15, -0.1) is 0 Å². The third-order valence-corrected chi connectivity index (χ3v) is 3.52. The van der Waals surface area contributed by atoms with Crippen molar-refractivity contribution in [3.05, 3.63) is 12.0 Å². The second kappa shape index (κ2) is 5.34. The average Bonchev–Trinajstić information content (AvgIpc) is 2.73. The van der Waals surface area contributed by atoms with E-state index in [1.54, 1.807) is 4.90 Å². The molecule has 0 spiro atoms. The van der Waals surface area contributed by atoms with Gasteiger partial charge in [-0.25, -0.2) is 4.79 Å². The minimum atomic E-state index is -0.466. The first-order valence-corrected chi connectivity index (χ1v) is 6.96. The predicted octanol–water partition coefficient (Wildman–Crippen LogP) is 2.62. The molecule has 20 heavy (non-hydrogen) atoms. The van der Waals surface area contributed by atoms with Crippen molar-refractivity contribution >= 4 is 11.8 Å². The van der Waals surface area contributed by atoms with Crippen LogP contribution in [0.1, 0.15) is 45.8 Å². The standard InChI is InChI=1S/C14H23N3O3/c1-9-8-17(13(18)19-14(2,3)4)6-5-10(9)12-11(15)7-16-20-12/h7,9-10H,5-6,8,15H2,1-4H3. The van der Waals surface area contributed by atoms with E-state index in [2.05, 4.69) is 12.1 Å². The van der Waals surface area contributed by atoms with E-state index in [1.807, 2.05) is 20.8 Å². The van der Waals surface area contributed by atoms with E-state index in [1.165, 1.54) is 6.20 Å². The normalized spacial score (nSPS) is 23.7. The molecule has 2 unspecified atom stereocenters. The van der Waals surface area contributed by atoms with Gasteiger partial charge in [0.1, 0.15) is 5.60 Å². The zero-order chi connectivity index (χ0) is 14.9. The van der Waals surface area contributed by atoms with Crippen molar-refractivity contribution in [2.24, 2.45) is 5.92 Å². The molecule has 2 N–H and O–H groups in total. The fourth-order valence-corrected chi connectivity index (χ4v) is 2.57. The smallest absolute Gasteiger partial charge is 0.410 e. The predicted molar refractivity (Wildman–Crippen MR) is 75.2 cm³/mol. The lowest BCUT2D eigenvalue weighted by Crippen LogP contribution is -2.44. The van der Waals surface area contributed by atoms with Crippen LogP contribution in [-0.4, -0.2) is 34.8 Å². The summed E-state index contributed by atoms with van der Waals surface area (Å²) in [5.74, 6) is 1.20. The van der Waals surface area contributed by atoms with Gasteiger partial charge in [0.2, 0.25) is 0 Å². The van der Waals surface area contributed by atoms with Gasteiger partial charge in [-0.05, 0) is 33.1 Å². The highest BCUT2D eigenvalue weighted by Crippen LogP contribution is 2.35. The van der Waals surface area contributed by atoms with Gasteiger partial charge in [0.25, 0.3) is 0 Å². The third kappa shape index (κ3) is 3.23. The topological polar surface area (TPSA) is 81.6 Å². The molecule has 6 heteroatoms. The molecule has 1 aliphatic heterocycles. The molecule has 2 atom stereocenters. The lowest BCUT2D eigenvalue weighted by atomic mass is 9.84. The molecule has 0 bridgehead atoms. The van der Waals surface area contributed by atoms with E-state index in [-0.39, 0.29) is 17.9 Å². The third-order valence-electron chi connectivity index (χ3n) is 3.52. The van der Waals surface area contributed by atoms with Crippen molar-refractivity contribution in [1.29, 1.82) is 0 Å². The largest absolute Gasteiger partial charge is 0.444 e. The second-order valence-electron chi connectivity index (χ2n) is 6.44. The fourth-order valence-electron chi connectivity index (χ4n) is 2.57. The number of carbonyl (C=O) groups excluding carboxylic acids is 1. The summed E-state index contributed by atoms with van der Waals surface area (Å²) < 4.78 is 10.6. The van der Waals surface area contributed by atoms with Crippen LogP contribution in [0.2, 0.25) is 0 Å².